The number of halogens is 1. The molecule has 5 nitrogen and oxygen atoms in total. The van der Waals surface area contributed by atoms with E-state index in [0.717, 1.165) is 0 Å². The van der Waals surface area contributed by atoms with Crippen molar-refractivity contribution >= 4 is 6.09 Å². The lowest BCUT2D eigenvalue weighted by molar-refractivity contribution is -0.0687. The third-order valence-electron chi connectivity index (χ3n) is 2.31. The first-order valence-corrected chi connectivity index (χ1v) is 5.25. The van der Waals surface area contributed by atoms with E-state index in [9.17, 15) is 14.3 Å². The van der Waals surface area contributed by atoms with Crippen LogP contribution in [0.4, 0.5) is 9.18 Å². The molecular weight excluding hydrogens is 215 g/mol. The summed E-state index contributed by atoms with van der Waals surface area (Å²) in [5.41, 5.74) is 4.62. The zero-order valence-corrected chi connectivity index (χ0v) is 9.86. The van der Waals surface area contributed by atoms with Crippen molar-refractivity contribution in [1.29, 1.82) is 0 Å². The van der Waals surface area contributed by atoms with Gasteiger partial charge in [0.25, 0.3) is 0 Å². The van der Waals surface area contributed by atoms with E-state index in [0.29, 0.717) is 0 Å². The van der Waals surface area contributed by atoms with Crippen LogP contribution in [-0.4, -0.2) is 46.7 Å². The number of piperidine rings is 1. The van der Waals surface area contributed by atoms with Gasteiger partial charge in [0.15, 0.2) is 0 Å². The molecule has 0 bridgehead atoms. The molecule has 0 saturated carbocycles. The number of nitrogens with zero attached hydrogens (tertiary/aromatic N) is 1. The average molecular weight is 234 g/mol. The van der Waals surface area contributed by atoms with Crippen molar-refractivity contribution in [2.75, 3.05) is 13.1 Å². The molecule has 0 aromatic heterocycles. The fraction of sp³-hybridized carbons (Fsp3) is 0.900. The van der Waals surface area contributed by atoms with Crippen molar-refractivity contribution in [3.63, 3.8) is 0 Å². The molecule has 0 aliphatic carbocycles. The maximum atomic E-state index is 13.6. The van der Waals surface area contributed by atoms with Crippen molar-refractivity contribution in [2.45, 2.75) is 44.7 Å². The fourth-order valence-corrected chi connectivity index (χ4v) is 1.48. The summed E-state index contributed by atoms with van der Waals surface area (Å²) < 4.78 is 18.7. The Kier molecular flexibility index (Phi) is 3.44. The molecule has 2 atom stereocenters. The quantitative estimate of drug-likeness (QED) is 0.602. The molecule has 6 heteroatoms. The average Bonchev–Trinajstić information content (AvgIpc) is 2.06. The summed E-state index contributed by atoms with van der Waals surface area (Å²) in [5, 5.41) is 9.29. The highest BCUT2D eigenvalue weighted by Crippen LogP contribution is 2.22. The first-order chi connectivity index (χ1) is 7.12. The number of aliphatic hydroxyl groups is 1. The highest BCUT2D eigenvalue weighted by molar-refractivity contribution is 5.68. The standard InChI is InChI=1S/C10H19FN2O3/c1-9(2,3)16-8(15)13-5-4-7(14)10(11,12)6-13/h7,14H,4-6,12H2,1-3H3. The van der Waals surface area contributed by atoms with Gasteiger partial charge in [-0.2, -0.15) is 0 Å². The van der Waals surface area contributed by atoms with Crippen LogP contribution < -0.4 is 5.73 Å². The Bertz CT molecular complexity index is 276. The summed E-state index contributed by atoms with van der Waals surface area (Å²) in [7, 11) is 0. The Morgan fingerprint density at radius 3 is 2.62 bits per heavy atom. The van der Waals surface area contributed by atoms with Crippen molar-refractivity contribution in [2.24, 2.45) is 5.73 Å². The predicted molar refractivity (Wildman–Crippen MR) is 56.5 cm³/mol. The molecule has 1 aliphatic rings. The van der Waals surface area contributed by atoms with Gasteiger partial charge >= 0.3 is 6.09 Å². The van der Waals surface area contributed by atoms with Crippen LogP contribution in [-0.2, 0) is 4.74 Å². The van der Waals surface area contributed by atoms with E-state index in [1.165, 1.54) is 4.90 Å². The molecule has 3 N–H and O–H groups in total. The van der Waals surface area contributed by atoms with Gasteiger partial charge in [0, 0.05) is 6.54 Å². The van der Waals surface area contributed by atoms with Crippen molar-refractivity contribution < 1.29 is 19.0 Å². The van der Waals surface area contributed by atoms with Gasteiger partial charge in [0.1, 0.15) is 11.7 Å². The molecule has 1 fully saturated rings. The van der Waals surface area contributed by atoms with E-state index in [1.54, 1.807) is 20.8 Å². The lowest BCUT2D eigenvalue weighted by Crippen LogP contribution is -2.61. The summed E-state index contributed by atoms with van der Waals surface area (Å²) in [6.07, 6.45) is -1.72. The number of carbonyl (C=O) groups excluding carboxylic acids is 1. The van der Waals surface area contributed by atoms with Crippen LogP contribution in [0.15, 0.2) is 0 Å². The zero-order valence-electron chi connectivity index (χ0n) is 9.86. The Morgan fingerprint density at radius 1 is 1.62 bits per heavy atom. The van der Waals surface area contributed by atoms with Gasteiger partial charge in [-0.05, 0) is 27.2 Å². The number of rotatable bonds is 0. The van der Waals surface area contributed by atoms with Crippen molar-refractivity contribution in [3.8, 4) is 0 Å². The second-order valence-electron chi connectivity index (χ2n) is 5.13. The third-order valence-corrected chi connectivity index (χ3v) is 2.31. The molecule has 0 spiro atoms. The van der Waals surface area contributed by atoms with Crippen molar-refractivity contribution in [3.05, 3.63) is 0 Å². The van der Waals surface area contributed by atoms with Crippen LogP contribution in [0, 0.1) is 0 Å². The summed E-state index contributed by atoms with van der Waals surface area (Å²) in [6.45, 7) is 5.10. The SMILES string of the molecule is CC(C)(C)OC(=O)N1CCC(O)C(N)(F)C1. The summed E-state index contributed by atoms with van der Waals surface area (Å²) >= 11 is 0. The van der Waals surface area contributed by atoms with E-state index < -0.39 is 23.6 Å². The van der Waals surface area contributed by atoms with Gasteiger partial charge in [-0.1, -0.05) is 0 Å². The molecule has 16 heavy (non-hydrogen) atoms. The minimum absolute atomic E-state index is 0.117. The number of nitrogens with two attached hydrogens (primary N) is 1. The van der Waals surface area contributed by atoms with Gasteiger partial charge in [-0.25, -0.2) is 9.18 Å². The monoisotopic (exact) mass is 234 g/mol. The molecule has 0 radical (unpaired) electrons. The molecule has 2 unspecified atom stereocenters. The van der Waals surface area contributed by atoms with E-state index in [1.807, 2.05) is 0 Å². The lowest BCUT2D eigenvalue weighted by atomic mass is 10.0. The normalized spacial score (nSPS) is 31.4. The first kappa shape index (κ1) is 13.2. The Morgan fingerprint density at radius 2 is 2.19 bits per heavy atom. The molecule has 1 amide bonds. The minimum Gasteiger partial charge on any atom is -0.444 e. The van der Waals surface area contributed by atoms with Crippen LogP contribution in [0.25, 0.3) is 0 Å². The van der Waals surface area contributed by atoms with E-state index in [-0.39, 0.29) is 19.5 Å². The molecule has 0 aromatic rings. The molecule has 1 rings (SSSR count). The fourth-order valence-electron chi connectivity index (χ4n) is 1.48. The maximum Gasteiger partial charge on any atom is 0.410 e. The van der Waals surface area contributed by atoms with Crippen molar-refractivity contribution in [1.82, 2.24) is 4.90 Å². The zero-order chi connectivity index (χ0) is 12.6. The van der Waals surface area contributed by atoms with Gasteiger partial charge in [-0.15, -0.1) is 0 Å². The number of alkyl halides is 1. The van der Waals surface area contributed by atoms with Crippen LogP contribution in [0.1, 0.15) is 27.2 Å². The van der Waals surface area contributed by atoms with Crippen LogP contribution >= 0.6 is 0 Å². The maximum absolute atomic E-state index is 13.6. The predicted octanol–water partition coefficient (Wildman–Crippen LogP) is 0.613. The van der Waals surface area contributed by atoms with E-state index in [2.05, 4.69) is 0 Å². The molecule has 1 aliphatic heterocycles. The topological polar surface area (TPSA) is 75.8 Å². The number of hydrogen-bond donors (Lipinski definition) is 2. The number of hydrogen-bond acceptors (Lipinski definition) is 4. The molecule has 0 aromatic carbocycles. The van der Waals surface area contributed by atoms with E-state index >= 15 is 0 Å². The highest BCUT2D eigenvalue weighted by atomic mass is 19.1. The van der Waals surface area contributed by atoms with Crippen LogP contribution in [0.5, 0.6) is 0 Å². The minimum atomic E-state index is -2.25. The summed E-state index contributed by atoms with van der Waals surface area (Å²) in [4.78, 5) is 12.8. The molecule has 1 heterocycles. The largest absolute Gasteiger partial charge is 0.444 e. The Hall–Kier alpha value is -0.880. The molecular formula is C10H19FN2O3. The Labute approximate surface area is 94.4 Å². The lowest BCUT2D eigenvalue weighted by Gasteiger charge is -2.38. The number of aliphatic hydroxyl groups excluding tert-OH is 1. The summed E-state index contributed by atoms with van der Waals surface area (Å²) in [6, 6.07) is 0. The number of amides is 1. The smallest absolute Gasteiger partial charge is 0.410 e. The number of carbonyl (C=O) groups is 1. The second-order valence-corrected chi connectivity index (χ2v) is 5.13. The number of ether oxygens (including phenoxy) is 1. The second kappa shape index (κ2) is 4.18. The van der Waals surface area contributed by atoms with Gasteiger partial charge < -0.3 is 14.7 Å². The van der Waals surface area contributed by atoms with E-state index in [4.69, 9.17) is 10.5 Å². The van der Waals surface area contributed by atoms with Gasteiger partial charge in [-0.3, -0.25) is 5.73 Å². The van der Waals surface area contributed by atoms with Crippen LogP contribution in [0.3, 0.4) is 0 Å². The highest BCUT2D eigenvalue weighted by Gasteiger charge is 2.42. The van der Waals surface area contributed by atoms with Gasteiger partial charge in [0.05, 0.1) is 6.54 Å². The van der Waals surface area contributed by atoms with Crippen LogP contribution in [0.2, 0.25) is 0 Å². The molecule has 1 saturated heterocycles. The molecule has 94 valence electrons. The van der Waals surface area contributed by atoms with Gasteiger partial charge in [0.2, 0.25) is 5.79 Å². The Balaban J connectivity index is 2.60. The first-order valence-electron chi connectivity index (χ1n) is 5.25. The number of likely N-dealkylation sites (tertiary alicyclic amines) is 1. The third kappa shape index (κ3) is 3.31. The summed E-state index contributed by atoms with van der Waals surface area (Å²) in [5.74, 6) is -2.25.